The van der Waals surface area contributed by atoms with Crippen LogP contribution >= 0.6 is 11.3 Å². The molecule has 0 saturated carbocycles. The number of benzene rings is 1. The summed E-state index contributed by atoms with van der Waals surface area (Å²) in [6.45, 7) is 4.07. The topological polar surface area (TPSA) is 109 Å². The summed E-state index contributed by atoms with van der Waals surface area (Å²) in [6, 6.07) is 8.14. The zero-order valence-corrected chi connectivity index (χ0v) is 16.3. The summed E-state index contributed by atoms with van der Waals surface area (Å²) in [5, 5.41) is 23.8. The highest BCUT2D eigenvalue weighted by Crippen LogP contribution is 2.31. The molecule has 3 heterocycles. The minimum atomic E-state index is -0.0378. The van der Waals surface area contributed by atoms with Crippen LogP contribution in [0.4, 0.5) is 17.2 Å². The van der Waals surface area contributed by atoms with Crippen molar-refractivity contribution in [3.63, 3.8) is 0 Å². The molecule has 0 radical (unpaired) electrons. The molecule has 0 spiro atoms. The van der Waals surface area contributed by atoms with Gasteiger partial charge in [-0.1, -0.05) is 0 Å². The van der Waals surface area contributed by atoms with Crippen LogP contribution in [0, 0.1) is 0 Å². The second-order valence-corrected chi connectivity index (χ2v) is 7.43. The monoisotopic (exact) mass is 396 g/mol. The number of anilines is 3. The van der Waals surface area contributed by atoms with Crippen LogP contribution in [-0.4, -0.2) is 37.9 Å². The lowest BCUT2D eigenvalue weighted by Crippen LogP contribution is -2.11. The Morgan fingerprint density at radius 1 is 1.18 bits per heavy atom. The van der Waals surface area contributed by atoms with Gasteiger partial charge in [-0.25, -0.2) is 9.97 Å². The fourth-order valence-electron chi connectivity index (χ4n) is 2.76. The Morgan fingerprint density at radius 3 is 2.89 bits per heavy atom. The molecule has 0 unspecified atom stereocenters. The first-order valence-corrected chi connectivity index (χ1v) is 9.81. The summed E-state index contributed by atoms with van der Waals surface area (Å²) in [7, 11) is 0. The van der Waals surface area contributed by atoms with Gasteiger partial charge in [0.25, 0.3) is 5.89 Å². The maximum Gasteiger partial charge on any atom is 0.251 e. The van der Waals surface area contributed by atoms with Gasteiger partial charge in [-0.3, -0.25) is 0 Å². The van der Waals surface area contributed by atoms with E-state index in [4.69, 9.17) is 9.52 Å². The third-order valence-electron chi connectivity index (χ3n) is 3.97. The van der Waals surface area contributed by atoms with Crippen LogP contribution in [0.25, 0.3) is 21.7 Å². The molecule has 0 aliphatic heterocycles. The number of rotatable bonds is 7. The van der Waals surface area contributed by atoms with E-state index < -0.39 is 0 Å². The van der Waals surface area contributed by atoms with E-state index >= 15 is 0 Å². The first kappa shape index (κ1) is 18.3. The van der Waals surface area contributed by atoms with Crippen molar-refractivity contribution in [2.45, 2.75) is 26.3 Å². The van der Waals surface area contributed by atoms with Crippen molar-refractivity contribution in [1.82, 2.24) is 20.2 Å². The van der Waals surface area contributed by atoms with E-state index in [0.717, 1.165) is 21.6 Å². The number of aliphatic hydroxyl groups excluding tert-OH is 1. The molecule has 0 aliphatic carbocycles. The molecular weight excluding hydrogens is 376 g/mol. The number of hydrogen-bond acceptors (Lipinski definition) is 9. The fourth-order valence-corrected chi connectivity index (χ4v) is 3.48. The maximum absolute atomic E-state index is 9.04. The molecule has 8 nitrogen and oxygen atoms in total. The van der Waals surface area contributed by atoms with E-state index in [0.29, 0.717) is 29.6 Å². The predicted octanol–water partition coefficient (Wildman–Crippen LogP) is 3.84. The first-order chi connectivity index (χ1) is 13.6. The third kappa shape index (κ3) is 3.95. The van der Waals surface area contributed by atoms with Crippen LogP contribution in [-0.2, 0) is 6.42 Å². The number of aromatic nitrogens is 4. The minimum absolute atomic E-state index is 0.0378. The Kier molecular flexibility index (Phi) is 5.18. The van der Waals surface area contributed by atoms with Crippen molar-refractivity contribution < 1.29 is 9.52 Å². The Hall–Kier alpha value is -3.04. The zero-order chi connectivity index (χ0) is 19.5. The van der Waals surface area contributed by atoms with Gasteiger partial charge in [0.15, 0.2) is 0 Å². The van der Waals surface area contributed by atoms with Crippen LogP contribution in [0.1, 0.15) is 19.7 Å². The molecule has 3 N–H and O–H groups in total. The second kappa shape index (κ2) is 7.91. The summed E-state index contributed by atoms with van der Waals surface area (Å²) in [5.41, 5.74) is 5.31. The van der Waals surface area contributed by atoms with E-state index in [1.54, 1.807) is 17.5 Å². The lowest BCUT2D eigenvalue weighted by Gasteiger charge is -2.15. The Morgan fingerprint density at radius 2 is 2.07 bits per heavy atom. The Labute approximate surface area is 165 Å². The lowest BCUT2D eigenvalue weighted by atomic mass is 10.2. The number of thiazole rings is 1. The van der Waals surface area contributed by atoms with Crippen LogP contribution in [0.15, 0.2) is 40.4 Å². The standard InChI is InChI=1S/C19H20N6O2S/c1-11(2)22-15-8-17(23-12-3-4-14-16(7-12)28-10-21-14)20-9-13(15)19-25-24-18(27-19)5-6-26/h3-4,7-11,26H,5-6H2,1-2H3,(H2,20,22,23). The molecule has 144 valence electrons. The molecule has 3 aromatic heterocycles. The van der Waals surface area contributed by atoms with Crippen molar-refractivity contribution in [3.05, 3.63) is 41.9 Å². The van der Waals surface area contributed by atoms with Crippen molar-refractivity contribution in [1.29, 1.82) is 0 Å². The van der Waals surface area contributed by atoms with E-state index in [1.165, 1.54) is 0 Å². The quantitative estimate of drug-likeness (QED) is 0.432. The highest BCUT2D eigenvalue weighted by molar-refractivity contribution is 7.16. The Balaban J connectivity index is 1.64. The molecule has 0 aliphatic rings. The van der Waals surface area contributed by atoms with Gasteiger partial charge in [0.1, 0.15) is 5.82 Å². The number of fused-ring (bicyclic) bond motifs is 1. The van der Waals surface area contributed by atoms with E-state index in [1.807, 2.05) is 23.7 Å². The number of hydrogen-bond donors (Lipinski definition) is 3. The van der Waals surface area contributed by atoms with Crippen LogP contribution in [0.5, 0.6) is 0 Å². The first-order valence-electron chi connectivity index (χ1n) is 8.93. The minimum Gasteiger partial charge on any atom is -0.420 e. The highest BCUT2D eigenvalue weighted by atomic mass is 32.1. The SMILES string of the molecule is CC(C)Nc1cc(Nc2ccc3ncsc3c2)ncc1-c1nnc(CCO)o1. The van der Waals surface area contributed by atoms with Gasteiger partial charge in [0, 0.05) is 30.4 Å². The van der Waals surface area contributed by atoms with Gasteiger partial charge >= 0.3 is 0 Å². The molecule has 4 rings (SSSR count). The summed E-state index contributed by atoms with van der Waals surface area (Å²) >= 11 is 1.60. The number of aliphatic hydroxyl groups is 1. The average molecular weight is 396 g/mol. The lowest BCUT2D eigenvalue weighted by molar-refractivity contribution is 0.285. The van der Waals surface area contributed by atoms with Gasteiger partial charge in [-0.05, 0) is 32.0 Å². The van der Waals surface area contributed by atoms with Crippen molar-refractivity contribution in [2.24, 2.45) is 0 Å². The van der Waals surface area contributed by atoms with Crippen LogP contribution in [0.2, 0.25) is 0 Å². The molecule has 0 saturated heterocycles. The van der Waals surface area contributed by atoms with Crippen LogP contribution < -0.4 is 10.6 Å². The third-order valence-corrected chi connectivity index (χ3v) is 4.77. The molecular formula is C19H20N6O2S. The second-order valence-electron chi connectivity index (χ2n) is 6.55. The van der Waals surface area contributed by atoms with Gasteiger partial charge in [0.2, 0.25) is 5.89 Å². The van der Waals surface area contributed by atoms with E-state index in [2.05, 4.69) is 50.7 Å². The van der Waals surface area contributed by atoms with E-state index in [-0.39, 0.29) is 12.6 Å². The van der Waals surface area contributed by atoms with Crippen molar-refractivity contribution in [2.75, 3.05) is 17.2 Å². The molecule has 0 amide bonds. The summed E-state index contributed by atoms with van der Waals surface area (Å²) in [4.78, 5) is 8.80. The normalized spacial score (nSPS) is 11.3. The zero-order valence-electron chi connectivity index (χ0n) is 15.5. The molecule has 4 aromatic rings. The van der Waals surface area contributed by atoms with E-state index in [9.17, 15) is 0 Å². The fraction of sp³-hybridized carbons (Fsp3) is 0.263. The summed E-state index contributed by atoms with van der Waals surface area (Å²) in [6.07, 6.45) is 2.03. The maximum atomic E-state index is 9.04. The average Bonchev–Trinajstić information content (AvgIpc) is 3.31. The van der Waals surface area contributed by atoms with Gasteiger partial charge in [-0.2, -0.15) is 0 Å². The van der Waals surface area contributed by atoms with Crippen molar-refractivity contribution in [3.8, 4) is 11.5 Å². The smallest absolute Gasteiger partial charge is 0.251 e. The molecule has 0 bridgehead atoms. The van der Waals surface area contributed by atoms with Gasteiger partial charge in [-0.15, -0.1) is 21.5 Å². The van der Waals surface area contributed by atoms with Gasteiger partial charge < -0.3 is 20.2 Å². The molecule has 0 fully saturated rings. The highest BCUT2D eigenvalue weighted by Gasteiger charge is 2.15. The number of nitrogens with one attached hydrogen (secondary N) is 2. The number of pyridine rings is 1. The Bertz CT molecular complexity index is 1090. The largest absolute Gasteiger partial charge is 0.420 e. The number of nitrogens with zero attached hydrogens (tertiary/aromatic N) is 4. The molecule has 0 atom stereocenters. The summed E-state index contributed by atoms with van der Waals surface area (Å²) < 4.78 is 6.76. The predicted molar refractivity (Wildman–Crippen MR) is 110 cm³/mol. The molecule has 1 aromatic carbocycles. The van der Waals surface area contributed by atoms with Crippen LogP contribution in [0.3, 0.4) is 0 Å². The molecule has 9 heteroatoms. The summed E-state index contributed by atoms with van der Waals surface area (Å²) in [5.74, 6) is 1.47. The van der Waals surface area contributed by atoms with Crippen molar-refractivity contribution >= 4 is 38.7 Å². The van der Waals surface area contributed by atoms with Gasteiger partial charge in [0.05, 0.1) is 33.6 Å². The molecule has 28 heavy (non-hydrogen) atoms.